The Morgan fingerprint density at radius 2 is 1.83 bits per heavy atom. The average Bonchev–Trinajstić information content (AvgIpc) is 2.69. The van der Waals surface area contributed by atoms with Gasteiger partial charge in [-0.25, -0.2) is 4.79 Å². The molecule has 1 atom stereocenters. The largest absolute Gasteiger partial charge is 0.493 e. The predicted octanol–water partition coefficient (Wildman–Crippen LogP) is 3.67. The number of ether oxygens (including phenoxy) is 2. The number of methoxy groups -OCH3 is 1. The average molecular weight is 395 g/mol. The summed E-state index contributed by atoms with van der Waals surface area (Å²) in [5.74, 6) is 0.843. The van der Waals surface area contributed by atoms with Crippen LogP contribution in [-0.2, 0) is 4.79 Å². The fourth-order valence-electron chi connectivity index (χ4n) is 3.22. The number of carbonyl (C=O) groups excluding carboxylic acids is 2. The molecule has 3 N–H and O–H groups in total. The Kier molecular flexibility index (Phi) is 6.07. The molecule has 0 saturated carbocycles. The van der Waals surface area contributed by atoms with Crippen LogP contribution >= 0.6 is 0 Å². The smallest absolute Gasteiger partial charge is 0.319 e. The van der Waals surface area contributed by atoms with Crippen LogP contribution < -0.4 is 25.4 Å². The minimum Gasteiger partial charge on any atom is -0.493 e. The summed E-state index contributed by atoms with van der Waals surface area (Å²) in [6.07, 6.45) is 0. The molecule has 1 heterocycles. The molecule has 29 heavy (non-hydrogen) atoms. The zero-order chi connectivity index (χ0) is 21.0. The zero-order valence-corrected chi connectivity index (χ0v) is 17.0. The Balaban J connectivity index is 1.95. The van der Waals surface area contributed by atoms with Crippen molar-refractivity contribution >= 4 is 17.6 Å². The molecule has 1 aliphatic rings. The number of benzene rings is 2. The van der Waals surface area contributed by atoms with Crippen LogP contribution in [0.3, 0.4) is 0 Å². The maximum atomic E-state index is 13.1. The molecule has 0 unspecified atom stereocenters. The lowest BCUT2D eigenvalue weighted by molar-refractivity contribution is -0.113. The Morgan fingerprint density at radius 3 is 2.48 bits per heavy atom. The molecule has 0 spiro atoms. The molecule has 3 amide bonds. The van der Waals surface area contributed by atoms with Gasteiger partial charge in [0.2, 0.25) is 0 Å². The number of amides is 3. The summed E-state index contributed by atoms with van der Waals surface area (Å²) in [6, 6.07) is 11.9. The van der Waals surface area contributed by atoms with Gasteiger partial charge in [-0.15, -0.1) is 0 Å². The van der Waals surface area contributed by atoms with E-state index in [1.165, 1.54) is 0 Å². The summed E-state index contributed by atoms with van der Waals surface area (Å²) >= 11 is 0. The summed E-state index contributed by atoms with van der Waals surface area (Å²) in [5.41, 5.74) is 3.42. The van der Waals surface area contributed by atoms with Crippen LogP contribution in [0.5, 0.6) is 11.5 Å². The van der Waals surface area contributed by atoms with E-state index in [0.717, 1.165) is 5.56 Å². The van der Waals surface area contributed by atoms with Crippen molar-refractivity contribution in [1.29, 1.82) is 0 Å². The minimum absolute atomic E-state index is 0.295. The van der Waals surface area contributed by atoms with E-state index in [0.29, 0.717) is 40.6 Å². The van der Waals surface area contributed by atoms with E-state index in [9.17, 15) is 9.59 Å². The molecule has 2 aromatic rings. The Labute approximate surface area is 170 Å². The molecule has 152 valence electrons. The Hall–Kier alpha value is -3.48. The zero-order valence-electron chi connectivity index (χ0n) is 17.0. The van der Waals surface area contributed by atoms with Gasteiger partial charge in [0.1, 0.15) is 0 Å². The molecule has 0 aromatic heterocycles. The van der Waals surface area contributed by atoms with Crippen LogP contribution in [-0.4, -0.2) is 25.7 Å². The van der Waals surface area contributed by atoms with Gasteiger partial charge in [-0.2, -0.15) is 0 Å². The van der Waals surface area contributed by atoms with E-state index < -0.39 is 6.04 Å². The molecule has 0 aliphatic carbocycles. The highest BCUT2D eigenvalue weighted by atomic mass is 16.5. The van der Waals surface area contributed by atoms with Crippen LogP contribution in [0.4, 0.5) is 10.5 Å². The van der Waals surface area contributed by atoms with Gasteiger partial charge >= 0.3 is 6.03 Å². The number of nitrogens with one attached hydrogen (secondary N) is 3. The minimum atomic E-state index is -0.626. The van der Waals surface area contributed by atoms with E-state index in [2.05, 4.69) is 16.0 Å². The van der Waals surface area contributed by atoms with Crippen molar-refractivity contribution in [2.24, 2.45) is 0 Å². The topological polar surface area (TPSA) is 88.7 Å². The lowest BCUT2D eigenvalue weighted by atomic mass is 9.94. The summed E-state index contributed by atoms with van der Waals surface area (Å²) in [4.78, 5) is 25.2. The van der Waals surface area contributed by atoms with Gasteiger partial charge in [0.05, 0.1) is 25.3 Å². The molecule has 0 fully saturated rings. The van der Waals surface area contributed by atoms with Crippen molar-refractivity contribution in [3.63, 3.8) is 0 Å². The highest BCUT2D eigenvalue weighted by Gasteiger charge is 2.31. The van der Waals surface area contributed by atoms with Crippen LogP contribution in [0.1, 0.15) is 31.0 Å². The van der Waals surface area contributed by atoms with Crippen LogP contribution in [0, 0.1) is 6.92 Å². The summed E-state index contributed by atoms with van der Waals surface area (Å²) in [6.45, 7) is 6.08. The van der Waals surface area contributed by atoms with Crippen LogP contribution in [0.15, 0.2) is 53.7 Å². The maximum absolute atomic E-state index is 13.1. The molecule has 1 aliphatic heterocycles. The summed E-state index contributed by atoms with van der Waals surface area (Å²) < 4.78 is 11.0. The summed E-state index contributed by atoms with van der Waals surface area (Å²) in [5, 5.41) is 8.40. The maximum Gasteiger partial charge on any atom is 0.319 e. The predicted molar refractivity (Wildman–Crippen MR) is 111 cm³/mol. The first-order valence-corrected chi connectivity index (χ1v) is 9.40. The molecule has 0 radical (unpaired) electrons. The van der Waals surface area contributed by atoms with Gasteiger partial charge < -0.3 is 25.4 Å². The van der Waals surface area contributed by atoms with E-state index in [4.69, 9.17) is 9.47 Å². The first-order chi connectivity index (χ1) is 13.9. The fourth-order valence-corrected chi connectivity index (χ4v) is 3.22. The van der Waals surface area contributed by atoms with E-state index in [1.807, 2.05) is 44.2 Å². The van der Waals surface area contributed by atoms with Crippen LogP contribution in [0.2, 0.25) is 0 Å². The first-order valence-electron chi connectivity index (χ1n) is 9.40. The highest BCUT2D eigenvalue weighted by Crippen LogP contribution is 2.34. The quantitative estimate of drug-likeness (QED) is 0.696. The second-order valence-electron chi connectivity index (χ2n) is 6.73. The van der Waals surface area contributed by atoms with E-state index >= 15 is 0 Å². The van der Waals surface area contributed by atoms with Crippen molar-refractivity contribution in [1.82, 2.24) is 10.6 Å². The third kappa shape index (κ3) is 4.51. The number of hydrogen-bond donors (Lipinski definition) is 3. The van der Waals surface area contributed by atoms with Crippen molar-refractivity contribution in [2.75, 3.05) is 19.0 Å². The molecule has 7 heteroatoms. The normalized spacial score (nSPS) is 16.0. The van der Waals surface area contributed by atoms with Gasteiger partial charge in [0, 0.05) is 11.4 Å². The third-order valence-electron chi connectivity index (χ3n) is 4.64. The number of rotatable bonds is 6. The van der Waals surface area contributed by atoms with Crippen molar-refractivity contribution in [3.05, 3.63) is 64.9 Å². The fraction of sp³-hybridized carbons (Fsp3) is 0.273. The molecule has 7 nitrogen and oxygen atoms in total. The standard InChI is InChI=1S/C22H25N3O4/c1-5-29-17-11-8-15(12-18(17)28-4)20-19(14(3)23-22(27)25-20)21(26)24-16-9-6-13(2)7-10-16/h6-12,20H,5H2,1-4H3,(H,24,26)(H2,23,25,27)/t20-/m0/s1. The number of carbonyl (C=O) groups is 2. The van der Waals surface area contributed by atoms with Crippen LogP contribution in [0.25, 0.3) is 0 Å². The van der Waals surface area contributed by atoms with Gasteiger partial charge in [-0.3, -0.25) is 4.79 Å². The van der Waals surface area contributed by atoms with E-state index in [1.54, 1.807) is 26.2 Å². The van der Waals surface area contributed by atoms with Crippen molar-refractivity contribution < 1.29 is 19.1 Å². The highest BCUT2D eigenvalue weighted by molar-refractivity contribution is 6.06. The molecule has 2 aromatic carbocycles. The van der Waals surface area contributed by atoms with Crippen molar-refractivity contribution in [2.45, 2.75) is 26.8 Å². The molecule has 3 rings (SSSR count). The molecule has 0 saturated heterocycles. The molecular weight excluding hydrogens is 370 g/mol. The second kappa shape index (κ2) is 8.68. The number of anilines is 1. The lowest BCUT2D eigenvalue weighted by Crippen LogP contribution is -2.46. The van der Waals surface area contributed by atoms with E-state index in [-0.39, 0.29) is 11.9 Å². The molecule has 0 bridgehead atoms. The number of hydrogen-bond acceptors (Lipinski definition) is 4. The number of urea groups is 1. The SMILES string of the molecule is CCOc1ccc([C@@H]2NC(=O)NC(C)=C2C(=O)Nc2ccc(C)cc2)cc1OC. The molecular formula is C22H25N3O4. The van der Waals surface area contributed by atoms with Gasteiger partial charge in [-0.1, -0.05) is 23.8 Å². The second-order valence-corrected chi connectivity index (χ2v) is 6.73. The Morgan fingerprint density at radius 1 is 1.10 bits per heavy atom. The van der Waals surface area contributed by atoms with Gasteiger partial charge in [-0.05, 0) is 50.6 Å². The first kappa shape index (κ1) is 20.3. The Bertz CT molecular complexity index is 951. The monoisotopic (exact) mass is 395 g/mol. The lowest BCUT2D eigenvalue weighted by Gasteiger charge is -2.29. The third-order valence-corrected chi connectivity index (χ3v) is 4.64. The van der Waals surface area contributed by atoms with Gasteiger partial charge in [0.15, 0.2) is 11.5 Å². The summed E-state index contributed by atoms with van der Waals surface area (Å²) in [7, 11) is 1.55. The number of allylic oxidation sites excluding steroid dienone is 1. The van der Waals surface area contributed by atoms with Crippen molar-refractivity contribution in [3.8, 4) is 11.5 Å². The number of aryl methyl sites for hydroxylation is 1. The van der Waals surface area contributed by atoms with Gasteiger partial charge in [0.25, 0.3) is 5.91 Å².